The molecule has 1 N–H and O–H groups in total. The van der Waals surface area contributed by atoms with E-state index in [1.54, 1.807) is 6.08 Å². The number of likely N-dealkylation sites (tertiary alicyclic amines) is 1. The number of aromatic amines is 1. The Morgan fingerprint density at radius 2 is 1.69 bits per heavy atom. The van der Waals surface area contributed by atoms with E-state index in [2.05, 4.69) is 4.98 Å². The first-order chi connectivity index (χ1) is 17.2. The third-order valence-electron chi connectivity index (χ3n) is 6.76. The smallest absolute Gasteiger partial charge is 0.326 e. The van der Waals surface area contributed by atoms with Crippen molar-refractivity contribution in [3.8, 4) is 11.3 Å². The molecule has 35 heavy (non-hydrogen) atoms. The average molecular weight is 464 g/mol. The van der Waals surface area contributed by atoms with Gasteiger partial charge in [0.25, 0.3) is 0 Å². The lowest BCUT2D eigenvalue weighted by molar-refractivity contribution is -0.127. The number of imidazole rings is 2. The molecule has 2 aromatic carbocycles. The molecule has 1 fully saturated rings. The predicted molar refractivity (Wildman–Crippen MR) is 137 cm³/mol. The number of para-hydroxylation sites is 2. The van der Waals surface area contributed by atoms with Gasteiger partial charge in [-0.05, 0) is 43.2 Å². The number of carbonyl (C=O) groups excluding carboxylic acids is 1. The largest absolute Gasteiger partial charge is 0.339 e. The Kier molecular flexibility index (Phi) is 5.29. The molecule has 6 rings (SSSR count). The van der Waals surface area contributed by atoms with Crippen LogP contribution in [-0.2, 0) is 4.79 Å². The van der Waals surface area contributed by atoms with Crippen LogP contribution in [0.3, 0.4) is 0 Å². The maximum Gasteiger partial charge on any atom is 0.326 e. The average Bonchev–Trinajstić information content (AvgIpc) is 3.44. The van der Waals surface area contributed by atoms with Gasteiger partial charge in [0, 0.05) is 37.0 Å². The number of hydrogen-bond donors (Lipinski definition) is 1. The van der Waals surface area contributed by atoms with Crippen molar-refractivity contribution in [2.75, 3.05) is 13.1 Å². The Morgan fingerprint density at radius 3 is 2.51 bits per heavy atom. The molecule has 1 aliphatic heterocycles. The molecule has 3 aromatic heterocycles. The lowest BCUT2D eigenvalue weighted by Crippen LogP contribution is -2.39. The van der Waals surface area contributed by atoms with Crippen LogP contribution in [-0.4, -0.2) is 42.8 Å². The van der Waals surface area contributed by atoms with Crippen LogP contribution in [0.5, 0.6) is 0 Å². The van der Waals surface area contributed by atoms with E-state index in [4.69, 9.17) is 4.98 Å². The zero-order chi connectivity index (χ0) is 23.8. The zero-order valence-electron chi connectivity index (χ0n) is 19.2. The van der Waals surface area contributed by atoms with E-state index in [9.17, 15) is 9.59 Å². The summed E-state index contributed by atoms with van der Waals surface area (Å²) in [4.78, 5) is 35.2. The lowest BCUT2D eigenvalue weighted by Gasteiger charge is -2.32. The molecule has 0 spiro atoms. The van der Waals surface area contributed by atoms with Crippen LogP contribution in [0.4, 0.5) is 0 Å². The fraction of sp³-hybridized carbons (Fsp3) is 0.179. The molecule has 0 radical (unpaired) electrons. The standard InChI is InChI=1S/C28H25N5O2/c34-26(31-18-15-21(16-19-31)33-23-11-5-4-10-22(23)29-28(33)35)14-13-24-27(20-8-2-1-3-9-20)30-25-12-6-7-17-32(24)25/h1-14,17,21H,15-16,18-19H2,(H,29,35). The second-order valence-electron chi connectivity index (χ2n) is 8.85. The van der Waals surface area contributed by atoms with Gasteiger partial charge in [0.1, 0.15) is 5.65 Å². The summed E-state index contributed by atoms with van der Waals surface area (Å²) in [5.41, 5.74) is 5.25. The molecular formula is C28H25N5O2. The number of piperidine rings is 1. The molecule has 1 aliphatic rings. The lowest BCUT2D eigenvalue weighted by atomic mass is 10.0. The number of H-pyrrole nitrogens is 1. The Bertz CT molecular complexity index is 1600. The maximum absolute atomic E-state index is 13.1. The highest BCUT2D eigenvalue weighted by atomic mass is 16.2. The van der Waals surface area contributed by atoms with Crippen LogP contribution in [0.15, 0.2) is 89.9 Å². The molecule has 5 aromatic rings. The van der Waals surface area contributed by atoms with Crippen molar-refractivity contribution in [1.82, 2.24) is 23.8 Å². The molecule has 7 heteroatoms. The van der Waals surface area contributed by atoms with Crippen molar-refractivity contribution < 1.29 is 4.79 Å². The summed E-state index contributed by atoms with van der Waals surface area (Å²) in [5, 5.41) is 0. The van der Waals surface area contributed by atoms with Gasteiger partial charge < -0.3 is 9.88 Å². The topological polar surface area (TPSA) is 75.4 Å². The Balaban J connectivity index is 1.22. The number of hydrogen-bond acceptors (Lipinski definition) is 3. The molecule has 174 valence electrons. The first-order valence-electron chi connectivity index (χ1n) is 11.9. The molecule has 7 nitrogen and oxygen atoms in total. The molecule has 0 bridgehead atoms. The molecule has 0 saturated carbocycles. The van der Waals surface area contributed by atoms with Crippen LogP contribution in [0, 0.1) is 0 Å². The van der Waals surface area contributed by atoms with Crippen molar-refractivity contribution in [2.24, 2.45) is 0 Å². The van der Waals surface area contributed by atoms with E-state index >= 15 is 0 Å². The molecule has 0 atom stereocenters. The zero-order valence-corrected chi connectivity index (χ0v) is 19.2. The highest BCUT2D eigenvalue weighted by Gasteiger charge is 2.25. The van der Waals surface area contributed by atoms with Gasteiger partial charge in [-0.2, -0.15) is 0 Å². The molecule has 1 saturated heterocycles. The van der Waals surface area contributed by atoms with Crippen molar-refractivity contribution in [1.29, 1.82) is 0 Å². The van der Waals surface area contributed by atoms with Gasteiger partial charge in [-0.15, -0.1) is 0 Å². The summed E-state index contributed by atoms with van der Waals surface area (Å²) in [7, 11) is 0. The number of fused-ring (bicyclic) bond motifs is 2. The number of nitrogens with zero attached hydrogens (tertiary/aromatic N) is 4. The minimum atomic E-state index is -0.0862. The second-order valence-corrected chi connectivity index (χ2v) is 8.85. The quantitative estimate of drug-likeness (QED) is 0.398. The van der Waals surface area contributed by atoms with Gasteiger partial charge in [0.05, 0.1) is 22.4 Å². The highest BCUT2D eigenvalue weighted by molar-refractivity contribution is 5.93. The number of rotatable bonds is 4. The van der Waals surface area contributed by atoms with Gasteiger partial charge in [-0.25, -0.2) is 9.78 Å². The normalized spacial score (nSPS) is 14.9. The van der Waals surface area contributed by atoms with Gasteiger partial charge in [0.15, 0.2) is 0 Å². The number of amides is 1. The van der Waals surface area contributed by atoms with Crippen molar-refractivity contribution in [3.63, 3.8) is 0 Å². The fourth-order valence-electron chi connectivity index (χ4n) is 5.02. The van der Waals surface area contributed by atoms with Crippen molar-refractivity contribution in [3.05, 3.63) is 101 Å². The van der Waals surface area contributed by atoms with E-state index in [1.807, 2.05) is 98.9 Å². The molecule has 4 heterocycles. The predicted octanol–water partition coefficient (Wildman–Crippen LogP) is 4.52. The Morgan fingerprint density at radius 1 is 0.943 bits per heavy atom. The highest BCUT2D eigenvalue weighted by Crippen LogP contribution is 2.27. The first-order valence-corrected chi connectivity index (χ1v) is 11.9. The van der Waals surface area contributed by atoms with Crippen LogP contribution in [0.1, 0.15) is 24.6 Å². The fourth-order valence-corrected chi connectivity index (χ4v) is 5.02. The van der Waals surface area contributed by atoms with Crippen LogP contribution in [0.2, 0.25) is 0 Å². The number of pyridine rings is 1. The second kappa shape index (κ2) is 8.76. The van der Waals surface area contributed by atoms with Crippen LogP contribution >= 0.6 is 0 Å². The number of nitrogens with one attached hydrogen (secondary N) is 1. The van der Waals surface area contributed by atoms with Gasteiger partial charge >= 0.3 is 5.69 Å². The van der Waals surface area contributed by atoms with E-state index in [1.165, 1.54) is 0 Å². The minimum Gasteiger partial charge on any atom is -0.339 e. The summed E-state index contributed by atoms with van der Waals surface area (Å²) < 4.78 is 3.85. The van der Waals surface area contributed by atoms with Crippen molar-refractivity contribution >= 4 is 28.7 Å². The third kappa shape index (κ3) is 3.85. The summed E-state index contributed by atoms with van der Waals surface area (Å²) in [6, 6.07) is 23.7. The van der Waals surface area contributed by atoms with E-state index < -0.39 is 0 Å². The number of carbonyl (C=O) groups is 1. The third-order valence-corrected chi connectivity index (χ3v) is 6.76. The number of benzene rings is 2. The SMILES string of the molecule is O=C(C=Cc1c(-c2ccccc2)nc2ccccn12)N1CCC(n2c(=O)[nH]c3ccccc32)CC1. The van der Waals surface area contributed by atoms with E-state index in [-0.39, 0.29) is 17.6 Å². The Labute approximate surface area is 202 Å². The van der Waals surface area contributed by atoms with Gasteiger partial charge in [-0.1, -0.05) is 48.5 Å². The van der Waals surface area contributed by atoms with Crippen LogP contribution < -0.4 is 5.69 Å². The Hall–Kier alpha value is -4.39. The first kappa shape index (κ1) is 21.2. The van der Waals surface area contributed by atoms with Crippen LogP contribution in [0.25, 0.3) is 34.0 Å². The molecular weight excluding hydrogens is 438 g/mol. The van der Waals surface area contributed by atoms with E-state index in [0.29, 0.717) is 13.1 Å². The minimum absolute atomic E-state index is 0.0281. The van der Waals surface area contributed by atoms with Crippen molar-refractivity contribution in [2.45, 2.75) is 18.9 Å². The van der Waals surface area contributed by atoms with Gasteiger partial charge in [-0.3, -0.25) is 13.8 Å². The molecule has 0 unspecified atom stereocenters. The maximum atomic E-state index is 13.1. The van der Waals surface area contributed by atoms with Gasteiger partial charge in [0.2, 0.25) is 5.91 Å². The summed E-state index contributed by atoms with van der Waals surface area (Å²) >= 11 is 0. The summed E-state index contributed by atoms with van der Waals surface area (Å²) in [6.07, 6.45) is 6.95. The summed E-state index contributed by atoms with van der Waals surface area (Å²) in [6.45, 7) is 1.22. The number of aromatic nitrogens is 4. The molecule has 1 amide bonds. The summed E-state index contributed by atoms with van der Waals surface area (Å²) in [5.74, 6) is -0.0281. The van der Waals surface area contributed by atoms with E-state index in [0.717, 1.165) is 46.5 Å². The molecule has 0 aliphatic carbocycles. The monoisotopic (exact) mass is 463 g/mol.